The van der Waals surface area contributed by atoms with Gasteiger partial charge in [-0.05, 0) is 52.0 Å². The number of aromatic nitrogens is 1. The van der Waals surface area contributed by atoms with Crippen molar-refractivity contribution in [2.45, 2.75) is 39.9 Å². The van der Waals surface area contributed by atoms with Crippen LogP contribution in [0, 0.1) is 13.8 Å². The third-order valence-electron chi connectivity index (χ3n) is 4.17. The molecule has 1 aliphatic heterocycles. The molecule has 6 nitrogen and oxygen atoms in total. The summed E-state index contributed by atoms with van der Waals surface area (Å²) < 4.78 is 10.8. The molecule has 2 heterocycles. The van der Waals surface area contributed by atoms with E-state index in [1.54, 1.807) is 13.8 Å². The van der Waals surface area contributed by atoms with Crippen LogP contribution in [0.15, 0.2) is 28.8 Å². The van der Waals surface area contributed by atoms with Gasteiger partial charge in [-0.25, -0.2) is 0 Å². The molecule has 2 aromatic rings. The van der Waals surface area contributed by atoms with Crippen LogP contribution in [0.5, 0.6) is 0 Å². The zero-order chi connectivity index (χ0) is 17.3. The lowest BCUT2D eigenvalue weighted by Gasteiger charge is -2.36. The first kappa shape index (κ1) is 16.5. The summed E-state index contributed by atoms with van der Waals surface area (Å²) in [5.41, 5.74) is 2.97. The summed E-state index contributed by atoms with van der Waals surface area (Å²) in [4.78, 5) is 14.7. The molecule has 0 spiro atoms. The Morgan fingerprint density at radius 1 is 1.17 bits per heavy atom. The first-order chi connectivity index (χ1) is 11.4. The van der Waals surface area contributed by atoms with Crippen molar-refractivity contribution in [1.29, 1.82) is 0 Å². The maximum Gasteiger partial charge on any atom is 0.261 e. The molecule has 0 unspecified atom stereocenters. The molecule has 6 heteroatoms. The average molecular weight is 329 g/mol. The van der Waals surface area contributed by atoms with Crippen LogP contribution < -0.4 is 10.2 Å². The van der Waals surface area contributed by atoms with E-state index >= 15 is 0 Å². The number of rotatable bonds is 3. The molecule has 1 aromatic heterocycles. The molecular formula is C18H23N3O3. The van der Waals surface area contributed by atoms with Crippen LogP contribution in [0.2, 0.25) is 0 Å². The summed E-state index contributed by atoms with van der Waals surface area (Å²) in [6, 6.07) is 7.87. The largest absolute Gasteiger partial charge is 0.372 e. The fourth-order valence-corrected chi connectivity index (χ4v) is 3.15. The van der Waals surface area contributed by atoms with E-state index in [2.05, 4.69) is 29.2 Å². The maximum atomic E-state index is 12.4. The minimum absolute atomic E-state index is 0.201. The Morgan fingerprint density at radius 3 is 2.33 bits per heavy atom. The molecule has 1 aromatic carbocycles. The Morgan fingerprint density at radius 2 is 1.79 bits per heavy atom. The second-order valence-electron chi connectivity index (χ2n) is 6.36. The van der Waals surface area contributed by atoms with Gasteiger partial charge in [-0.2, -0.15) is 0 Å². The van der Waals surface area contributed by atoms with Gasteiger partial charge in [0.1, 0.15) is 11.3 Å². The molecule has 0 radical (unpaired) electrons. The SMILES string of the molecule is Cc1noc(C)c1C(=O)Nc1ccc(N2C[C@H](C)O[C@@H](C)C2)cc1. The van der Waals surface area contributed by atoms with Gasteiger partial charge in [-0.15, -0.1) is 0 Å². The average Bonchev–Trinajstić information content (AvgIpc) is 2.86. The number of hydrogen-bond donors (Lipinski definition) is 1. The van der Waals surface area contributed by atoms with Gasteiger partial charge in [0, 0.05) is 24.5 Å². The van der Waals surface area contributed by atoms with Crippen molar-refractivity contribution in [3.8, 4) is 0 Å². The molecule has 128 valence electrons. The monoisotopic (exact) mass is 329 g/mol. The van der Waals surface area contributed by atoms with Gasteiger partial charge in [-0.1, -0.05) is 5.16 Å². The van der Waals surface area contributed by atoms with Gasteiger partial charge < -0.3 is 19.5 Å². The van der Waals surface area contributed by atoms with E-state index in [0.29, 0.717) is 17.0 Å². The third kappa shape index (κ3) is 3.43. The second kappa shape index (κ2) is 6.65. The van der Waals surface area contributed by atoms with E-state index in [1.165, 1.54) is 0 Å². The van der Waals surface area contributed by atoms with Gasteiger partial charge in [0.05, 0.1) is 17.9 Å². The number of nitrogens with one attached hydrogen (secondary N) is 1. The molecule has 1 N–H and O–H groups in total. The normalized spacial score (nSPS) is 20.9. The Labute approximate surface area is 141 Å². The number of morpholine rings is 1. The van der Waals surface area contributed by atoms with Crippen molar-refractivity contribution in [3.63, 3.8) is 0 Å². The number of benzene rings is 1. The highest BCUT2D eigenvalue weighted by Crippen LogP contribution is 2.23. The molecule has 1 amide bonds. The molecule has 0 aliphatic carbocycles. The Kier molecular flexibility index (Phi) is 4.57. The number of nitrogens with zero attached hydrogens (tertiary/aromatic N) is 2. The summed E-state index contributed by atoms with van der Waals surface area (Å²) in [5.74, 6) is 0.325. The number of hydrogen-bond acceptors (Lipinski definition) is 5. The Balaban J connectivity index is 1.70. The maximum absolute atomic E-state index is 12.4. The summed E-state index contributed by atoms with van der Waals surface area (Å²) >= 11 is 0. The fraction of sp³-hybridized carbons (Fsp3) is 0.444. The van der Waals surface area contributed by atoms with Gasteiger partial charge in [-0.3, -0.25) is 4.79 Å². The fourth-order valence-electron chi connectivity index (χ4n) is 3.15. The van der Waals surface area contributed by atoms with Gasteiger partial charge in [0.15, 0.2) is 0 Å². The summed E-state index contributed by atoms with van der Waals surface area (Å²) in [7, 11) is 0. The lowest BCUT2D eigenvalue weighted by Crippen LogP contribution is -2.45. The number of carbonyl (C=O) groups is 1. The van der Waals surface area contributed by atoms with Crippen molar-refractivity contribution in [2.24, 2.45) is 0 Å². The van der Waals surface area contributed by atoms with Gasteiger partial charge in [0.25, 0.3) is 5.91 Å². The van der Waals surface area contributed by atoms with Crippen molar-refractivity contribution >= 4 is 17.3 Å². The molecule has 2 atom stereocenters. The number of carbonyl (C=O) groups excluding carboxylic acids is 1. The first-order valence-electron chi connectivity index (χ1n) is 8.18. The number of anilines is 2. The predicted octanol–water partition coefficient (Wildman–Crippen LogP) is 3.16. The minimum Gasteiger partial charge on any atom is -0.372 e. The molecule has 0 bridgehead atoms. The summed E-state index contributed by atoms with van der Waals surface area (Å²) in [6.45, 7) is 9.40. The highest BCUT2D eigenvalue weighted by atomic mass is 16.5. The lowest BCUT2D eigenvalue weighted by atomic mass is 10.1. The quantitative estimate of drug-likeness (QED) is 0.937. The number of aryl methyl sites for hydroxylation is 2. The molecule has 1 saturated heterocycles. The Hall–Kier alpha value is -2.34. The highest BCUT2D eigenvalue weighted by molar-refractivity contribution is 6.05. The topological polar surface area (TPSA) is 67.6 Å². The van der Waals surface area contributed by atoms with Crippen molar-refractivity contribution in [3.05, 3.63) is 41.3 Å². The zero-order valence-corrected chi connectivity index (χ0v) is 14.5. The van der Waals surface area contributed by atoms with Crippen molar-refractivity contribution < 1.29 is 14.1 Å². The van der Waals surface area contributed by atoms with Gasteiger partial charge >= 0.3 is 0 Å². The standard InChI is InChI=1S/C18H23N3O3/c1-11-9-21(10-12(2)23-11)16-7-5-15(6-8-16)19-18(22)17-13(3)20-24-14(17)4/h5-8,11-12H,9-10H2,1-4H3,(H,19,22)/t11-,12-/m0/s1. The molecule has 1 aliphatic rings. The predicted molar refractivity (Wildman–Crippen MR) is 92.6 cm³/mol. The third-order valence-corrected chi connectivity index (χ3v) is 4.17. The highest BCUT2D eigenvalue weighted by Gasteiger charge is 2.22. The molecule has 1 fully saturated rings. The Bertz CT molecular complexity index is 694. The first-order valence-corrected chi connectivity index (χ1v) is 8.18. The van der Waals surface area contributed by atoms with Crippen LogP contribution in [-0.2, 0) is 4.74 Å². The smallest absolute Gasteiger partial charge is 0.261 e. The lowest BCUT2D eigenvalue weighted by molar-refractivity contribution is -0.00521. The number of amides is 1. The van der Waals surface area contributed by atoms with E-state index < -0.39 is 0 Å². The minimum atomic E-state index is -0.201. The molecule has 0 saturated carbocycles. The van der Waals surface area contributed by atoms with E-state index in [9.17, 15) is 4.79 Å². The summed E-state index contributed by atoms with van der Waals surface area (Å²) in [5, 5.41) is 6.71. The van der Waals surface area contributed by atoms with E-state index in [-0.39, 0.29) is 18.1 Å². The van der Waals surface area contributed by atoms with E-state index in [4.69, 9.17) is 9.26 Å². The van der Waals surface area contributed by atoms with Gasteiger partial charge in [0.2, 0.25) is 0 Å². The van der Waals surface area contributed by atoms with Crippen LogP contribution in [-0.4, -0.2) is 36.4 Å². The zero-order valence-electron chi connectivity index (χ0n) is 14.5. The number of ether oxygens (including phenoxy) is 1. The molecule has 24 heavy (non-hydrogen) atoms. The van der Waals surface area contributed by atoms with Crippen LogP contribution in [0.3, 0.4) is 0 Å². The van der Waals surface area contributed by atoms with Crippen molar-refractivity contribution in [2.75, 3.05) is 23.3 Å². The van der Waals surface area contributed by atoms with Crippen LogP contribution in [0.1, 0.15) is 35.7 Å². The van der Waals surface area contributed by atoms with Crippen molar-refractivity contribution in [1.82, 2.24) is 5.16 Å². The van der Waals surface area contributed by atoms with Crippen LogP contribution in [0.25, 0.3) is 0 Å². The second-order valence-corrected chi connectivity index (χ2v) is 6.36. The summed E-state index contributed by atoms with van der Waals surface area (Å²) in [6.07, 6.45) is 0.431. The van der Waals surface area contributed by atoms with Crippen LogP contribution >= 0.6 is 0 Å². The van der Waals surface area contributed by atoms with E-state index in [0.717, 1.165) is 24.5 Å². The van der Waals surface area contributed by atoms with E-state index in [1.807, 2.05) is 24.3 Å². The molecular weight excluding hydrogens is 306 g/mol. The van der Waals surface area contributed by atoms with Crippen LogP contribution in [0.4, 0.5) is 11.4 Å². The molecule has 3 rings (SSSR count).